The Bertz CT molecular complexity index is 1170. The van der Waals surface area contributed by atoms with Gasteiger partial charge in [-0.1, -0.05) is 30.3 Å². The standard InChI is InChI=1S/C22H24N4O4S/c1-16-3-8-20-19(11-16)26(31(2,28)29)14-21(30-20)22(27)24-12-17-4-6-18(7-5-17)13-25-10-9-23-15-25/h3-11,15,21H,12-14H2,1-2H3,(H,24,27). The minimum atomic E-state index is -3.55. The van der Waals surface area contributed by atoms with Crippen molar-refractivity contribution in [2.75, 3.05) is 17.1 Å². The summed E-state index contributed by atoms with van der Waals surface area (Å²) in [7, 11) is -3.55. The number of anilines is 1. The number of nitrogens with one attached hydrogen (secondary N) is 1. The molecule has 3 aromatic rings. The molecule has 31 heavy (non-hydrogen) atoms. The predicted octanol–water partition coefficient (Wildman–Crippen LogP) is 2.08. The van der Waals surface area contributed by atoms with E-state index in [0.29, 0.717) is 18.0 Å². The van der Waals surface area contributed by atoms with Gasteiger partial charge in [0.1, 0.15) is 5.75 Å². The third kappa shape index (κ3) is 4.88. The average Bonchev–Trinajstić information content (AvgIpc) is 3.24. The monoisotopic (exact) mass is 440 g/mol. The Hall–Kier alpha value is -3.33. The zero-order valence-electron chi connectivity index (χ0n) is 17.4. The number of aryl methyl sites for hydroxylation is 1. The van der Waals surface area contributed by atoms with Gasteiger partial charge in [0, 0.05) is 25.5 Å². The highest BCUT2D eigenvalue weighted by atomic mass is 32.2. The number of carbonyl (C=O) groups excluding carboxylic acids is 1. The molecule has 1 aliphatic rings. The highest BCUT2D eigenvalue weighted by Gasteiger charge is 2.34. The van der Waals surface area contributed by atoms with Crippen molar-refractivity contribution in [2.45, 2.75) is 26.1 Å². The van der Waals surface area contributed by atoms with Crippen LogP contribution in [0.2, 0.25) is 0 Å². The molecule has 0 aliphatic carbocycles. The third-order valence-corrected chi connectivity index (χ3v) is 6.24. The first-order valence-electron chi connectivity index (χ1n) is 9.86. The molecule has 0 bridgehead atoms. The number of hydrogen-bond donors (Lipinski definition) is 1. The van der Waals surface area contributed by atoms with Crippen molar-refractivity contribution in [3.05, 3.63) is 77.9 Å². The first kappa shape index (κ1) is 20.9. The molecule has 162 valence electrons. The van der Waals surface area contributed by atoms with E-state index in [4.69, 9.17) is 4.74 Å². The number of fused-ring (bicyclic) bond motifs is 1. The Morgan fingerprint density at radius 1 is 1.19 bits per heavy atom. The summed E-state index contributed by atoms with van der Waals surface area (Å²) in [6.07, 6.45) is 5.60. The molecule has 2 aromatic carbocycles. The van der Waals surface area contributed by atoms with Gasteiger partial charge in [0.2, 0.25) is 10.0 Å². The van der Waals surface area contributed by atoms with Crippen molar-refractivity contribution in [2.24, 2.45) is 0 Å². The molecule has 1 atom stereocenters. The lowest BCUT2D eigenvalue weighted by Crippen LogP contribution is -2.50. The minimum absolute atomic E-state index is 0.0645. The summed E-state index contributed by atoms with van der Waals surface area (Å²) in [5.41, 5.74) is 3.43. The smallest absolute Gasteiger partial charge is 0.263 e. The molecule has 1 aliphatic heterocycles. The molecule has 0 saturated carbocycles. The topological polar surface area (TPSA) is 93.5 Å². The van der Waals surface area contributed by atoms with E-state index in [0.717, 1.165) is 29.5 Å². The first-order valence-corrected chi connectivity index (χ1v) is 11.7. The Morgan fingerprint density at radius 2 is 1.94 bits per heavy atom. The van der Waals surface area contributed by atoms with Crippen molar-refractivity contribution in [3.63, 3.8) is 0 Å². The fourth-order valence-corrected chi connectivity index (χ4v) is 4.37. The Morgan fingerprint density at radius 3 is 2.61 bits per heavy atom. The van der Waals surface area contributed by atoms with Gasteiger partial charge in [0.25, 0.3) is 5.91 Å². The number of benzene rings is 2. The van der Waals surface area contributed by atoms with E-state index >= 15 is 0 Å². The van der Waals surface area contributed by atoms with E-state index in [1.807, 2.05) is 48.0 Å². The summed E-state index contributed by atoms with van der Waals surface area (Å²) in [4.78, 5) is 16.8. The number of carbonyl (C=O) groups is 1. The van der Waals surface area contributed by atoms with Crippen LogP contribution in [-0.4, -0.2) is 42.8 Å². The normalized spacial score (nSPS) is 15.8. The van der Waals surface area contributed by atoms with E-state index < -0.39 is 16.1 Å². The number of imidazole rings is 1. The predicted molar refractivity (Wildman–Crippen MR) is 117 cm³/mol. The maximum Gasteiger partial charge on any atom is 0.263 e. The second-order valence-electron chi connectivity index (χ2n) is 7.64. The summed E-state index contributed by atoms with van der Waals surface area (Å²) in [5.74, 6) is 0.0219. The van der Waals surface area contributed by atoms with Crippen LogP contribution in [0.1, 0.15) is 16.7 Å². The zero-order chi connectivity index (χ0) is 22.0. The first-order chi connectivity index (χ1) is 14.8. The minimum Gasteiger partial charge on any atom is -0.476 e. The second kappa shape index (κ2) is 8.43. The van der Waals surface area contributed by atoms with Gasteiger partial charge in [-0.2, -0.15) is 0 Å². The lowest BCUT2D eigenvalue weighted by atomic mass is 10.1. The van der Waals surface area contributed by atoms with Gasteiger partial charge in [-0.25, -0.2) is 13.4 Å². The quantitative estimate of drug-likeness (QED) is 0.634. The van der Waals surface area contributed by atoms with Gasteiger partial charge in [-0.3, -0.25) is 9.10 Å². The van der Waals surface area contributed by atoms with E-state index in [9.17, 15) is 13.2 Å². The molecule has 0 spiro atoms. The van der Waals surface area contributed by atoms with Gasteiger partial charge in [-0.05, 0) is 35.7 Å². The van der Waals surface area contributed by atoms with Crippen molar-refractivity contribution < 1.29 is 17.9 Å². The van der Waals surface area contributed by atoms with Crippen LogP contribution in [0.3, 0.4) is 0 Å². The molecule has 0 radical (unpaired) electrons. The maximum atomic E-state index is 12.7. The molecule has 0 saturated heterocycles. The SMILES string of the molecule is Cc1ccc2c(c1)N(S(C)(=O)=O)CC(C(=O)NCc1ccc(Cn3ccnc3)cc1)O2. The molecule has 1 N–H and O–H groups in total. The largest absolute Gasteiger partial charge is 0.476 e. The average molecular weight is 441 g/mol. The number of ether oxygens (including phenoxy) is 1. The molecule has 9 heteroatoms. The summed E-state index contributed by atoms with van der Waals surface area (Å²) >= 11 is 0. The number of sulfonamides is 1. The molecule has 2 heterocycles. The molecule has 8 nitrogen and oxygen atoms in total. The number of amides is 1. The summed E-state index contributed by atoms with van der Waals surface area (Å²) in [6.45, 7) is 2.86. The molecule has 1 aromatic heterocycles. The van der Waals surface area contributed by atoms with Crippen LogP contribution in [0.4, 0.5) is 5.69 Å². The fourth-order valence-electron chi connectivity index (χ4n) is 3.47. The van der Waals surface area contributed by atoms with Crippen LogP contribution in [0.25, 0.3) is 0 Å². The molecule has 0 fully saturated rings. The van der Waals surface area contributed by atoms with Crippen molar-refractivity contribution >= 4 is 21.6 Å². The van der Waals surface area contributed by atoms with Crippen LogP contribution in [0, 0.1) is 6.92 Å². The Kier molecular flexibility index (Phi) is 5.69. The lowest BCUT2D eigenvalue weighted by Gasteiger charge is -2.34. The van der Waals surface area contributed by atoms with E-state index in [1.165, 1.54) is 4.31 Å². The molecule has 1 unspecified atom stereocenters. The lowest BCUT2D eigenvalue weighted by molar-refractivity contribution is -0.127. The third-order valence-electron chi connectivity index (χ3n) is 5.09. The van der Waals surface area contributed by atoms with Crippen LogP contribution in [0.5, 0.6) is 5.75 Å². The number of aromatic nitrogens is 2. The van der Waals surface area contributed by atoms with Gasteiger partial charge in [-0.15, -0.1) is 0 Å². The maximum absolute atomic E-state index is 12.7. The van der Waals surface area contributed by atoms with Crippen LogP contribution in [-0.2, 0) is 27.9 Å². The van der Waals surface area contributed by atoms with E-state index in [2.05, 4.69) is 10.3 Å². The molecule has 4 rings (SSSR count). The Balaban J connectivity index is 1.41. The second-order valence-corrected chi connectivity index (χ2v) is 9.55. The van der Waals surface area contributed by atoms with Gasteiger partial charge in [0.15, 0.2) is 6.10 Å². The summed E-state index contributed by atoms with van der Waals surface area (Å²) in [6, 6.07) is 13.2. The summed E-state index contributed by atoms with van der Waals surface area (Å²) < 4.78 is 33.6. The van der Waals surface area contributed by atoms with Crippen molar-refractivity contribution in [1.82, 2.24) is 14.9 Å². The van der Waals surface area contributed by atoms with Gasteiger partial charge in [0.05, 0.1) is 24.8 Å². The van der Waals surface area contributed by atoms with Crippen LogP contribution in [0.15, 0.2) is 61.2 Å². The highest BCUT2D eigenvalue weighted by Crippen LogP contribution is 2.35. The van der Waals surface area contributed by atoms with E-state index in [1.54, 1.807) is 24.7 Å². The number of rotatable bonds is 6. The van der Waals surface area contributed by atoms with Crippen LogP contribution < -0.4 is 14.4 Å². The van der Waals surface area contributed by atoms with E-state index in [-0.39, 0.29) is 12.5 Å². The zero-order valence-corrected chi connectivity index (χ0v) is 18.2. The molecular formula is C22H24N4O4S. The molecule has 1 amide bonds. The van der Waals surface area contributed by atoms with Gasteiger partial charge < -0.3 is 14.6 Å². The highest BCUT2D eigenvalue weighted by molar-refractivity contribution is 7.92. The van der Waals surface area contributed by atoms with Gasteiger partial charge >= 0.3 is 0 Å². The Labute approximate surface area is 181 Å². The van der Waals surface area contributed by atoms with Crippen LogP contribution >= 0.6 is 0 Å². The fraction of sp³-hybridized carbons (Fsp3) is 0.273. The number of hydrogen-bond acceptors (Lipinski definition) is 5. The molecular weight excluding hydrogens is 416 g/mol. The number of nitrogens with zero attached hydrogens (tertiary/aromatic N) is 3. The summed E-state index contributed by atoms with van der Waals surface area (Å²) in [5, 5.41) is 2.85. The van der Waals surface area contributed by atoms with Crippen molar-refractivity contribution in [3.8, 4) is 5.75 Å². The van der Waals surface area contributed by atoms with Crippen molar-refractivity contribution in [1.29, 1.82) is 0 Å².